The van der Waals surface area contributed by atoms with Crippen molar-refractivity contribution in [2.45, 2.75) is 53.5 Å². The molecule has 0 fully saturated rings. The summed E-state index contributed by atoms with van der Waals surface area (Å²) in [5.74, 6) is -0.169. The van der Waals surface area contributed by atoms with Gasteiger partial charge in [0, 0.05) is 19.0 Å². The summed E-state index contributed by atoms with van der Waals surface area (Å²) >= 11 is 0. The van der Waals surface area contributed by atoms with E-state index in [1.807, 2.05) is 25.7 Å². The Labute approximate surface area is 104 Å². The van der Waals surface area contributed by atoms with Gasteiger partial charge in [-0.15, -0.1) is 0 Å². The lowest BCUT2D eigenvalue weighted by Gasteiger charge is -2.27. The quantitative estimate of drug-likeness (QED) is 0.672. The van der Waals surface area contributed by atoms with Crippen molar-refractivity contribution < 1.29 is 14.3 Å². The van der Waals surface area contributed by atoms with E-state index in [0.717, 1.165) is 0 Å². The molecule has 0 unspecified atom stereocenters. The first-order valence-electron chi connectivity index (χ1n) is 6.14. The van der Waals surface area contributed by atoms with E-state index in [4.69, 9.17) is 4.74 Å². The Bertz CT molecular complexity index is 272. The average Bonchev–Trinajstić information content (AvgIpc) is 2.25. The fourth-order valence-electron chi connectivity index (χ4n) is 1.77. The van der Waals surface area contributed by atoms with Crippen molar-refractivity contribution in [3.8, 4) is 0 Å². The van der Waals surface area contributed by atoms with Gasteiger partial charge in [-0.2, -0.15) is 0 Å². The van der Waals surface area contributed by atoms with Gasteiger partial charge in [-0.25, -0.2) is 0 Å². The van der Waals surface area contributed by atoms with E-state index in [-0.39, 0.29) is 17.9 Å². The summed E-state index contributed by atoms with van der Waals surface area (Å²) in [4.78, 5) is 25.2. The third-order valence-electron chi connectivity index (χ3n) is 2.99. The minimum atomic E-state index is -0.596. The monoisotopic (exact) mass is 243 g/mol. The fraction of sp³-hybridized carbons (Fsp3) is 0.846. The van der Waals surface area contributed by atoms with Crippen molar-refractivity contribution in [1.82, 2.24) is 4.90 Å². The molecule has 0 aliphatic heterocycles. The first-order valence-corrected chi connectivity index (χ1v) is 6.14. The van der Waals surface area contributed by atoms with Crippen molar-refractivity contribution in [2.75, 3.05) is 13.7 Å². The molecule has 0 N–H and O–H groups in total. The van der Waals surface area contributed by atoms with Crippen molar-refractivity contribution in [3.63, 3.8) is 0 Å². The van der Waals surface area contributed by atoms with E-state index in [9.17, 15) is 9.59 Å². The molecule has 0 spiro atoms. The molecule has 4 nitrogen and oxygen atoms in total. The molecule has 100 valence electrons. The molecular formula is C13H25NO3. The van der Waals surface area contributed by atoms with Crippen molar-refractivity contribution >= 4 is 11.9 Å². The van der Waals surface area contributed by atoms with E-state index in [1.165, 1.54) is 7.11 Å². The Morgan fingerprint density at radius 3 is 2.18 bits per heavy atom. The second-order valence-corrected chi connectivity index (χ2v) is 5.15. The predicted molar refractivity (Wildman–Crippen MR) is 67.6 cm³/mol. The van der Waals surface area contributed by atoms with Crippen LogP contribution in [-0.4, -0.2) is 36.5 Å². The summed E-state index contributed by atoms with van der Waals surface area (Å²) in [5.41, 5.74) is -0.596. The molecule has 0 radical (unpaired) electrons. The van der Waals surface area contributed by atoms with Crippen molar-refractivity contribution in [3.05, 3.63) is 0 Å². The van der Waals surface area contributed by atoms with E-state index in [0.29, 0.717) is 19.4 Å². The van der Waals surface area contributed by atoms with E-state index in [1.54, 1.807) is 13.8 Å². The van der Waals surface area contributed by atoms with Crippen LogP contribution < -0.4 is 0 Å². The van der Waals surface area contributed by atoms with E-state index < -0.39 is 5.41 Å². The molecule has 0 saturated heterocycles. The first kappa shape index (κ1) is 15.9. The van der Waals surface area contributed by atoms with Crippen LogP contribution in [0.1, 0.15) is 47.5 Å². The van der Waals surface area contributed by atoms with Crippen LogP contribution in [0.15, 0.2) is 0 Å². The Morgan fingerprint density at radius 2 is 1.82 bits per heavy atom. The molecule has 0 rings (SSSR count). The number of carbonyl (C=O) groups is 2. The highest BCUT2D eigenvalue weighted by atomic mass is 16.5. The molecule has 0 aromatic heterocycles. The Morgan fingerprint density at radius 1 is 1.29 bits per heavy atom. The topological polar surface area (TPSA) is 46.6 Å². The zero-order valence-corrected chi connectivity index (χ0v) is 11.9. The third kappa shape index (κ3) is 4.75. The second kappa shape index (κ2) is 6.62. The average molecular weight is 243 g/mol. The molecule has 17 heavy (non-hydrogen) atoms. The SMILES string of the molecule is CCN(C(=O)CCC(C)(C)C(=O)OC)C(C)C. The lowest BCUT2D eigenvalue weighted by atomic mass is 9.87. The Hall–Kier alpha value is -1.06. The number of ether oxygens (including phenoxy) is 1. The van der Waals surface area contributed by atoms with Crippen LogP contribution in [0.5, 0.6) is 0 Å². The highest BCUT2D eigenvalue weighted by Gasteiger charge is 2.30. The minimum Gasteiger partial charge on any atom is -0.469 e. The number of methoxy groups -OCH3 is 1. The van der Waals surface area contributed by atoms with Crippen LogP contribution in [0.2, 0.25) is 0 Å². The van der Waals surface area contributed by atoms with Crippen molar-refractivity contribution in [2.24, 2.45) is 5.41 Å². The minimum absolute atomic E-state index is 0.0967. The molecular weight excluding hydrogens is 218 g/mol. The number of rotatable bonds is 6. The van der Waals surface area contributed by atoms with Gasteiger partial charge < -0.3 is 9.64 Å². The van der Waals surface area contributed by atoms with E-state index >= 15 is 0 Å². The van der Waals surface area contributed by atoms with Gasteiger partial charge in [-0.05, 0) is 41.0 Å². The second-order valence-electron chi connectivity index (χ2n) is 5.15. The molecule has 0 atom stereocenters. The van der Waals surface area contributed by atoms with Gasteiger partial charge in [0.05, 0.1) is 12.5 Å². The first-order chi connectivity index (χ1) is 7.76. The van der Waals surface area contributed by atoms with Crippen LogP contribution in [0.3, 0.4) is 0 Å². The standard InChI is InChI=1S/C13H25NO3/c1-7-14(10(2)3)11(15)8-9-13(4,5)12(16)17-6/h10H,7-9H2,1-6H3. The Kier molecular flexibility index (Phi) is 6.21. The molecule has 0 bridgehead atoms. The molecule has 0 aliphatic carbocycles. The highest BCUT2D eigenvalue weighted by Crippen LogP contribution is 2.24. The molecule has 1 amide bonds. The summed E-state index contributed by atoms with van der Waals surface area (Å²) in [5, 5.41) is 0. The van der Waals surface area contributed by atoms with Gasteiger partial charge in [0.2, 0.25) is 5.91 Å². The van der Waals surface area contributed by atoms with Crippen LogP contribution in [0.25, 0.3) is 0 Å². The summed E-state index contributed by atoms with van der Waals surface area (Å²) < 4.78 is 4.72. The van der Waals surface area contributed by atoms with Gasteiger partial charge in [-0.3, -0.25) is 9.59 Å². The smallest absolute Gasteiger partial charge is 0.311 e. The molecule has 4 heteroatoms. The fourth-order valence-corrected chi connectivity index (χ4v) is 1.77. The summed E-state index contributed by atoms with van der Waals surface area (Å²) in [6, 6.07) is 0.203. The van der Waals surface area contributed by atoms with Gasteiger partial charge >= 0.3 is 5.97 Å². The molecule has 0 saturated carbocycles. The number of nitrogens with zero attached hydrogens (tertiary/aromatic N) is 1. The number of hydrogen-bond acceptors (Lipinski definition) is 3. The molecule has 0 heterocycles. The highest BCUT2D eigenvalue weighted by molar-refractivity contribution is 5.79. The summed E-state index contributed by atoms with van der Waals surface area (Å²) in [6.07, 6.45) is 0.899. The van der Waals surface area contributed by atoms with Gasteiger partial charge in [-0.1, -0.05) is 0 Å². The normalized spacial score (nSPS) is 11.5. The largest absolute Gasteiger partial charge is 0.469 e. The Balaban J connectivity index is 4.37. The van der Waals surface area contributed by atoms with Crippen LogP contribution in [-0.2, 0) is 14.3 Å². The molecule has 0 aromatic rings. The predicted octanol–water partition coefficient (Wildman–Crippen LogP) is 2.22. The zero-order valence-electron chi connectivity index (χ0n) is 11.9. The molecule has 0 aliphatic rings. The maximum absolute atomic E-state index is 11.9. The van der Waals surface area contributed by atoms with Crippen LogP contribution in [0.4, 0.5) is 0 Å². The number of carbonyl (C=O) groups excluding carboxylic acids is 2. The lowest BCUT2D eigenvalue weighted by Crippen LogP contribution is -2.37. The van der Waals surface area contributed by atoms with Gasteiger partial charge in [0.1, 0.15) is 0 Å². The van der Waals surface area contributed by atoms with Crippen molar-refractivity contribution in [1.29, 1.82) is 0 Å². The number of hydrogen-bond donors (Lipinski definition) is 0. The van der Waals surface area contributed by atoms with E-state index in [2.05, 4.69) is 0 Å². The number of esters is 1. The third-order valence-corrected chi connectivity index (χ3v) is 2.99. The zero-order chi connectivity index (χ0) is 13.6. The summed E-state index contributed by atoms with van der Waals surface area (Å²) in [6.45, 7) is 10.3. The maximum atomic E-state index is 11.9. The van der Waals surface area contributed by atoms with Crippen LogP contribution in [0, 0.1) is 5.41 Å². The number of amides is 1. The lowest BCUT2D eigenvalue weighted by molar-refractivity contribution is -0.151. The van der Waals surface area contributed by atoms with Gasteiger partial charge in [0.15, 0.2) is 0 Å². The van der Waals surface area contributed by atoms with Crippen LogP contribution >= 0.6 is 0 Å². The summed E-state index contributed by atoms with van der Waals surface area (Å²) in [7, 11) is 1.37. The maximum Gasteiger partial charge on any atom is 0.311 e. The van der Waals surface area contributed by atoms with Gasteiger partial charge in [0.25, 0.3) is 0 Å². The molecule has 0 aromatic carbocycles.